The topological polar surface area (TPSA) is 61.4 Å². The maximum absolute atomic E-state index is 12.7. The fourth-order valence-corrected chi connectivity index (χ4v) is 5.11. The minimum Gasteiger partial charge on any atom is -0.339 e. The average Bonchev–Trinajstić information content (AvgIpc) is 3.11. The molecule has 0 aliphatic carbocycles. The lowest BCUT2D eigenvalue weighted by Crippen LogP contribution is -2.36. The molecule has 1 aromatic heterocycles. The van der Waals surface area contributed by atoms with Crippen LogP contribution in [-0.2, 0) is 0 Å². The number of nitrogens with one attached hydrogen (secondary N) is 2. The molecule has 2 N–H and O–H groups in total. The summed E-state index contributed by atoms with van der Waals surface area (Å²) in [4.78, 5) is 27.6. The Morgan fingerprint density at radius 3 is 2.57 bits per heavy atom. The maximum Gasteiger partial charge on any atom is 0.269 e. The molecule has 0 radical (unpaired) electrons. The van der Waals surface area contributed by atoms with Gasteiger partial charge in [0.05, 0.1) is 5.02 Å². The van der Waals surface area contributed by atoms with Gasteiger partial charge in [-0.25, -0.2) is 0 Å². The first-order chi connectivity index (χ1) is 14.5. The van der Waals surface area contributed by atoms with Crippen LogP contribution in [0.15, 0.2) is 48.5 Å². The number of halogens is 1. The van der Waals surface area contributed by atoms with E-state index in [0.29, 0.717) is 21.2 Å². The predicted octanol–water partition coefficient (Wildman–Crippen LogP) is 5.31. The third kappa shape index (κ3) is 4.48. The molecule has 1 aliphatic heterocycles. The van der Waals surface area contributed by atoms with Gasteiger partial charge in [-0.05, 0) is 55.7 Å². The number of piperidine rings is 1. The zero-order valence-electron chi connectivity index (χ0n) is 16.1. The number of thiocarbonyl (C=S) groups is 1. The summed E-state index contributed by atoms with van der Waals surface area (Å²) in [6, 6.07) is 14.7. The number of thiophene rings is 1. The molecule has 2 heterocycles. The van der Waals surface area contributed by atoms with E-state index in [1.165, 1.54) is 17.8 Å². The third-order valence-corrected chi connectivity index (χ3v) is 6.86. The van der Waals surface area contributed by atoms with Gasteiger partial charge in [0, 0.05) is 34.4 Å². The average molecular weight is 458 g/mol. The Kier molecular flexibility index (Phi) is 6.32. The standard InChI is InChI=1S/C22H20ClN3O2S2/c23-18-16-9-2-3-10-17(16)30-19(18)20(27)25-22(29)24-15-8-6-7-14(13-15)21(28)26-11-4-1-5-12-26/h2-3,6-10,13H,1,4-5,11-12H2,(H2,24,25,27,29). The fourth-order valence-electron chi connectivity index (χ4n) is 3.49. The number of benzene rings is 2. The number of hydrogen-bond donors (Lipinski definition) is 2. The molecule has 3 aromatic rings. The zero-order chi connectivity index (χ0) is 21.1. The van der Waals surface area contributed by atoms with E-state index in [4.69, 9.17) is 23.8 Å². The zero-order valence-corrected chi connectivity index (χ0v) is 18.5. The second-order valence-corrected chi connectivity index (χ2v) is 8.92. The minimum atomic E-state index is -0.362. The lowest BCUT2D eigenvalue weighted by molar-refractivity contribution is 0.0724. The second-order valence-electron chi connectivity index (χ2n) is 7.08. The van der Waals surface area contributed by atoms with E-state index >= 15 is 0 Å². The van der Waals surface area contributed by atoms with Crippen molar-refractivity contribution in [1.29, 1.82) is 0 Å². The van der Waals surface area contributed by atoms with Crippen LogP contribution in [0.2, 0.25) is 5.02 Å². The van der Waals surface area contributed by atoms with Crippen LogP contribution in [0.1, 0.15) is 39.3 Å². The summed E-state index contributed by atoms with van der Waals surface area (Å²) in [5, 5.41) is 7.07. The lowest BCUT2D eigenvalue weighted by atomic mass is 10.1. The van der Waals surface area contributed by atoms with Gasteiger partial charge in [-0.1, -0.05) is 35.9 Å². The summed E-state index contributed by atoms with van der Waals surface area (Å²) in [5.41, 5.74) is 1.24. The SMILES string of the molecule is O=C(NC(=S)Nc1cccc(C(=O)N2CCCCC2)c1)c1sc2ccccc2c1Cl. The molecule has 0 saturated carbocycles. The molecule has 2 amide bonds. The summed E-state index contributed by atoms with van der Waals surface area (Å²) in [5.74, 6) is -0.343. The Labute approximate surface area is 189 Å². The Morgan fingerprint density at radius 2 is 1.80 bits per heavy atom. The number of likely N-dealkylation sites (tertiary alicyclic amines) is 1. The Morgan fingerprint density at radius 1 is 1.03 bits per heavy atom. The minimum absolute atomic E-state index is 0.0189. The van der Waals surface area contributed by atoms with E-state index in [9.17, 15) is 9.59 Å². The lowest BCUT2D eigenvalue weighted by Gasteiger charge is -2.26. The normalized spacial score (nSPS) is 13.8. The maximum atomic E-state index is 12.7. The molecule has 0 bridgehead atoms. The molecular weight excluding hydrogens is 438 g/mol. The predicted molar refractivity (Wildman–Crippen MR) is 127 cm³/mol. The monoisotopic (exact) mass is 457 g/mol. The van der Waals surface area contributed by atoms with E-state index < -0.39 is 0 Å². The number of carbonyl (C=O) groups is 2. The van der Waals surface area contributed by atoms with Gasteiger partial charge in [0.25, 0.3) is 11.8 Å². The summed E-state index contributed by atoms with van der Waals surface area (Å²) in [6.07, 6.45) is 3.25. The smallest absolute Gasteiger partial charge is 0.269 e. The van der Waals surface area contributed by atoms with Crippen LogP contribution < -0.4 is 10.6 Å². The van der Waals surface area contributed by atoms with Crippen molar-refractivity contribution >= 4 is 67.9 Å². The van der Waals surface area contributed by atoms with Gasteiger partial charge in [-0.3, -0.25) is 14.9 Å². The van der Waals surface area contributed by atoms with Gasteiger partial charge in [-0.15, -0.1) is 11.3 Å². The van der Waals surface area contributed by atoms with E-state index in [0.717, 1.165) is 36.0 Å². The molecule has 4 rings (SSSR count). The van der Waals surface area contributed by atoms with E-state index in [1.807, 2.05) is 29.2 Å². The van der Waals surface area contributed by atoms with Gasteiger partial charge < -0.3 is 10.2 Å². The van der Waals surface area contributed by atoms with Crippen molar-refractivity contribution in [1.82, 2.24) is 10.2 Å². The first-order valence-corrected chi connectivity index (χ1v) is 11.3. The highest BCUT2D eigenvalue weighted by molar-refractivity contribution is 7.80. The van der Waals surface area contributed by atoms with Gasteiger partial charge in [0.15, 0.2) is 5.11 Å². The number of fused-ring (bicyclic) bond motifs is 1. The number of amides is 2. The highest BCUT2D eigenvalue weighted by atomic mass is 35.5. The molecule has 5 nitrogen and oxygen atoms in total. The van der Waals surface area contributed by atoms with E-state index in [2.05, 4.69) is 10.6 Å². The van der Waals surface area contributed by atoms with Crippen LogP contribution in [0.5, 0.6) is 0 Å². The van der Waals surface area contributed by atoms with E-state index in [1.54, 1.807) is 24.3 Å². The molecular formula is C22H20ClN3O2S2. The largest absolute Gasteiger partial charge is 0.339 e. The van der Waals surface area contributed by atoms with Gasteiger partial charge in [0.1, 0.15) is 4.88 Å². The highest BCUT2D eigenvalue weighted by Crippen LogP contribution is 2.35. The van der Waals surface area contributed by atoms with Crippen LogP contribution in [0.4, 0.5) is 5.69 Å². The van der Waals surface area contributed by atoms with Crippen molar-refractivity contribution in [3.63, 3.8) is 0 Å². The Hall–Kier alpha value is -2.48. The number of anilines is 1. The first-order valence-electron chi connectivity index (χ1n) is 9.71. The number of hydrogen-bond acceptors (Lipinski definition) is 4. The molecule has 154 valence electrons. The van der Waals surface area contributed by atoms with Gasteiger partial charge in [-0.2, -0.15) is 0 Å². The van der Waals surface area contributed by atoms with Crippen molar-refractivity contribution in [2.45, 2.75) is 19.3 Å². The van der Waals surface area contributed by atoms with Crippen molar-refractivity contribution in [2.75, 3.05) is 18.4 Å². The molecule has 1 saturated heterocycles. The van der Waals surface area contributed by atoms with Crippen LogP contribution in [0, 0.1) is 0 Å². The number of carbonyl (C=O) groups excluding carboxylic acids is 2. The van der Waals surface area contributed by atoms with Crippen molar-refractivity contribution in [2.24, 2.45) is 0 Å². The van der Waals surface area contributed by atoms with Gasteiger partial charge in [0.2, 0.25) is 0 Å². The molecule has 2 aromatic carbocycles. The first kappa shape index (κ1) is 20.8. The van der Waals surface area contributed by atoms with Crippen LogP contribution in [0.3, 0.4) is 0 Å². The molecule has 1 fully saturated rings. The van der Waals surface area contributed by atoms with Crippen LogP contribution >= 0.6 is 35.2 Å². The Balaban J connectivity index is 1.43. The Bertz CT molecular complexity index is 1120. The molecule has 0 spiro atoms. The third-order valence-electron chi connectivity index (χ3n) is 4.98. The molecule has 0 unspecified atom stereocenters. The number of nitrogens with zero attached hydrogens (tertiary/aromatic N) is 1. The summed E-state index contributed by atoms with van der Waals surface area (Å²) in [7, 11) is 0. The summed E-state index contributed by atoms with van der Waals surface area (Å²) >= 11 is 13.0. The van der Waals surface area contributed by atoms with Crippen LogP contribution in [-0.4, -0.2) is 34.9 Å². The molecule has 8 heteroatoms. The van der Waals surface area contributed by atoms with Crippen molar-refractivity contribution in [3.05, 3.63) is 64.0 Å². The highest BCUT2D eigenvalue weighted by Gasteiger charge is 2.20. The molecule has 0 atom stereocenters. The molecule has 30 heavy (non-hydrogen) atoms. The van der Waals surface area contributed by atoms with E-state index in [-0.39, 0.29) is 16.9 Å². The van der Waals surface area contributed by atoms with Crippen LogP contribution in [0.25, 0.3) is 10.1 Å². The number of rotatable bonds is 3. The van der Waals surface area contributed by atoms with Crippen molar-refractivity contribution < 1.29 is 9.59 Å². The summed E-state index contributed by atoms with van der Waals surface area (Å²) < 4.78 is 0.940. The second kappa shape index (κ2) is 9.12. The quantitative estimate of drug-likeness (QED) is 0.523. The van der Waals surface area contributed by atoms with Crippen molar-refractivity contribution in [3.8, 4) is 0 Å². The molecule has 1 aliphatic rings. The van der Waals surface area contributed by atoms with Gasteiger partial charge >= 0.3 is 0 Å². The fraction of sp³-hybridized carbons (Fsp3) is 0.227. The summed E-state index contributed by atoms with van der Waals surface area (Å²) in [6.45, 7) is 1.59.